The predicted octanol–water partition coefficient (Wildman–Crippen LogP) is 1.67. The van der Waals surface area contributed by atoms with Crippen molar-refractivity contribution in [1.82, 2.24) is 9.55 Å². The molecule has 2 N–H and O–H groups in total. The summed E-state index contributed by atoms with van der Waals surface area (Å²) in [6, 6.07) is 6.28. The van der Waals surface area contributed by atoms with Gasteiger partial charge in [0.15, 0.2) is 0 Å². The van der Waals surface area contributed by atoms with E-state index >= 15 is 0 Å². The molecule has 1 aromatic heterocycles. The summed E-state index contributed by atoms with van der Waals surface area (Å²) in [7, 11) is 0. The third kappa shape index (κ3) is 3.06. The number of aromatic carboxylic acids is 1. The fourth-order valence-corrected chi connectivity index (χ4v) is 1.50. The predicted molar refractivity (Wildman–Crippen MR) is 67.2 cm³/mol. The molecule has 6 nitrogen and oxygen atoms in total. The molecule has 0 fully saturated rings. The maximum Gasteiger partial charge on any atom is 0.335 e. The Hall–Kier alpha value is -2.89. The van der Waals surface area contributed by atoms with Crippen LogP contribution in [0, 0.1) is 0 Å². The lowest BCUT2D eigenvalue weighted by Gasteiger charge is -2.01. The molecule has 96 valence electrons. The van der Waals surface area contributed by atoms with E-state index in [0.29, 0.717) is 5.69 Å². The fraction of sp³-hybridized carbons (Fsp3) is 0. The van der Waals surface area contributed by atoms with Crippen molar-refractivity contribution in [3.05, 3.63) is 54.1 Å². The van der Waals surface area contributed by atoms with Gasteiger partial charge in [0.1, 0.15) is 0 Å². The first kappa shape index (κ1) is 12.6. The number of carboxylic acids is 2. The van der Waals surface area contributed by atoms with Crippen molar-refractivity contribution in [3.8, 4) is 5.69 Å². The van der Waals surface area contributed by atoms with Crippen molar-refractivity contribution in [2.75, 3.05) is 0 Å². The zero-order chi connectivity index (χ0) is 13.8. The zero-order valence-corrected chi connectivity index (χ0v) is 9.72. The first-order valence-electron chi connectivity index (χ1n) is 5.35. The Morgan fingerprint density at radius 3 is 2.42 bits per heavy atom. The van der Waals surface area contributed by atoms with Crippen LogP contribution in [0.1, 0.15) is 16.1 Å². The van der Waals surface area contributed by atoms with Gasteiger partial charge in [-0.1, -0.05) is 0 Å². The average Bonchev–Trinajstić information content (AvgIpc) is 2.85. The van der Waals surface area contributed by atoms with E-state index in [1.54, 1.807) is 22.9 Å². The molecule has 2 rings (SSSR count). The normalized spacial score (nSPS) is 10.7. The average molecular weight is 258 g/mol. The Morgan fingerprint density at radius 2 is 1.84 bits per heavy atom. The molecule has 0 atom stereocenters. The van der Waals surface area contributed by atoms with Crippen LogP contribution >= 0.6 is 0 Å². The number of hydrogen-bond donors (Lipinski definition) is 2. The highest BCUT2D eigenvalue weighted by Crippen LogP contribution is 2.11. The van der Waals surface area contributed by atoms with Crippen LogP contribution in [0.25, 0.3) is 11.8 Å². The molecule has 6 heteroatoms. The molecule has 0 unspecified atom stereocenters. The molecule has 0 aliphatic carbocycles. The minimum Gasteiger partial charge on any atom is -0.478 e. The van der Waals surface area contributed by atoms with E-state index in [9.17, 15) is 9.59 Å². The van der Waals surface area contributed by atoms with Crippen LogP contribution in [0.15, 0.2) is 42.9 Å². The molecule has 0 amide bonds. The van der Waals surface area contributed by atoms with Crippen LogP contribution in [-0.2, 0) is 4.79 Å². The number of rotatable bonds is 4. The molecule has 0 saturated carbocycles. The van der Waals surface area contributed by atoms with E-state index in [4.69, 9.17) is 10.2 Å². The summed E-state index contributed by atoms with van der Waals surface area (Å²) in [6.45, 7) is 0. The number of carbonyl (C=O) groups is 2. The van der Waals surface area contributed by atoms with Gasteiger partial charge in [0.2, 0.25) is 0 Å². The first-order valence-corrected chi connectivity index (χ1v) is 5.35. The molecular weight excluding hydrogens is 248 g/mol. The molecule has 0 aliphatic heterocycles. The second-order valence-electron chi connectivity index (χ2n) is 3.73. The summed E-state index contributed by atoms with van der Waals surface area (Å²) in [4.78, 5) is 25.1. The third-order valence-corrected chi connectivity index (χ3v) is 2.41. The molecule has 0 bridgehead atoms. The molecule has 1 heterocycles. The Kier molecular flexibility index (Phi) is 3.42. The number of aromatic nitrogens is 2. The molecule has 2 aromatic rings. The summed E-state index contributed by atoms with van der Waals surface area (Å²) < 4.78 is 1.67. The van der Waals surface area contributed by atoms with E-state index in [2.05, 4.69) is 4.98 Å². The van der Waals surface area contributed by atoms with Crippen LogP contribution in [0.3, 0.4) is 0 Å². The SMILES string of the molecule is O=C(O)C=Cc1cn(-c2ccc(C(=O)O)cc2)cn1. The number of benzene rings is 1. The Morgan fingerprint density at radius 1 is 1.16 bits per heavy atom. The van der Waals surface area contributed by atoms with Crippen molar-refractivity contribution < 1.29 is 19.8 Å². The van der Waals surface area contributed by atoms with Crippen LogP contribution in [0.5, 0.6) is 0 Å². The van der Waals surface area contributed by atoms with Gasteiger partial charge in [-0.15, -0.1) is 0 Å². The maximum absolute atomic E-state index is 10.7. The molecule has 0 spiro atoms. The lowest BCUT2D eigenvalue weighted by atomic mass is 10.2. The van der Waals surface area contributed by atoms with Gasteiger partial charge in [-0.2, -0.15) is 0 Å². The van der Waals surface area contributed by atoms with Gasteiger partial charge in [0.25, 0.3) is 0 Å². The second kappa shape index (κ2) is 5.18. The van der Waals surface area contributed by atoms with Gasteiger partial charge in [-0.3, -0.25) is 0 Å². The summed E-state index contributed by atoms with van der Waals surface area (Å²) in [5.41, 5.74) is 1.45. The highest BCUT2D eigenvalue weighted by molar-refractivity contribution is 5.87. The van der Waals surface area contributed by atoms with Crippen molar-refractivity contribution in [2.45, 2.75) is 0 Å². The number of aliphatic carboxylic acids is 1. The number of imidazole rings is 1. The molecular formula is C13H10N2O4. The Balaban J connectivity index is 2.23. The second-order valence-corrected chi connectivity index (χ2v) is 3.73. The monoisotopic (exact) mass is 258 g/mol. The largest absolute Gasteiger partial charge is 0.478 e. The lowest BCUT2D eigenvalue weighted by molar-refractivity contribution is -0.131. The van der Waals surface area contributed by atoms with E-state index in [0.717, 1.165) is 11.8 Å². The van der Waals surface area contributed by atoms with E-state index in [1.807, 2.05) is 0 Å². The topological polar surface area (TPSA) is 92.4 Å². The van der Waals surface area contributed by atoms with Crippen molar-refractivity contribution in [2.24, 2.45) is 0 Å². The van der Waals surface area contributed by atoms with E-state index in [-0.39, 0.29) is 5.56 Å². The summed E-state index contributed by atoms with van der Waals surface area (Å²) in [5.74, 6) is -2.03. The highest BCUT2D eigenvalue weighted by atomic mass is 16.4. The third-order valence-electron chi connectivity index (χ3n) is 2.41. The Labute approximate surface area is 108 Å². The number of nitrogens with zero attached hydrogens (tertiary/aromatic N) is 2. The summed E-state index contributed by atoms with van der Waals surface area (Å²) in [6.07, 6.45) is 5.55. The summed E-state index contributed by atoms with van der Waals surface area (Å²) >= 11 is 0. The maximum atomic E-state index is 10.7. The van der Waals surface area contributed by atoms with Crippen molar-refractivity contribution in [1.29, 1.82) is 0 Å². The fourth-order valence-electron chi connectivity index (χ4n) is 1.50. The van der Waals surface area contributed by atoms with Gasteiger partial charge in [-0.05, 0) is 30.3 Å². The van der Waals surface area contributed by atoms with Crippen molar-refractivity contribution >= 4 is 18.0 Å². The van der Waals surface area contributed by atoms with Crippen LogP contribution in [0.2, 0.25) is 0 Å². The van der Waals surface area contributed by atoms with E-state index in [1.165, 1.54) is 24.5 Å². The van der Waals surface area contributed by atoms with Gasteiger partial charge >= 0.3 is 11.9 Å². The van der Waals surface area contributed by atoms with E-state index < -0.39 is 11.9 Å². The standard InChI is InChI=1S/C13H10N2O4/c16-12(17)6-3-10-7-15(8-14-10)11-4-1-9(2-5-11)13(18)19/h1-8H,(H,16,17)(H,18,19). The zero-order valence-electron chi connectivity index (χ0n) is 9.72. The van der Waals surface area contributed by atoms with Crippen LogP contribution < -0.4 is 0 Å². The van der Waals surface area contributed by atoms with Crippen LogP contribution in [0.4, 0.5) is 0 Å². The minimum absolute atomic E-state index is 0.204. The van der Waals surface area contributed by atoms with Gasteiger partial charge in [0, 0.05) is 18.0 Å². The van der Waals surface area contributed by atoms with Gasteiger partial charge in [-0.25, -0.2) is 14.6 Å². The molecule has 19 heavy (non-hydrogen) atoms. The number of carboxylic acid groups (broad SMARTS) is 2. The van der Waals surface area contributed by atoms with Crippen LogP contribution in [-0.4, -0.2) is 31.7 Å². The van der Waals surface area contributed by atoms with Gasteiger partial charge < -0.3 is 14.8 Å². The molecule has 1 aromatic carbocycles. The molecule has 0 aliphatic rings. The first-order chi connectivity index (χ1) is 9.06. The lowest BCUT2D eigenvalue weighted by Crippen LogP contribution is -1.97. The minimum atomic E-state index is -1.04. The Bertz CT molecular complexity index is 641. The quantitative estimate of drug-likeness (QED) is 0.814. The van der Waals surface area contributed by atoms with Gasteiger partial charge in [0.05, 0.1) is 17.6 Å². The smallest absolute Gasteiger partial charge is 0.335 e. The summed E-state index contributed by atoms with van der Waals surface area (Å²) in [5, 5.41) is 17.3. The number of hydrogen-bond acceptors (Lipinski definition) is 3. The van der Waals surface area contributed by atoms with Crippen molar-refractivity contribution in [3.63, 3.8) is 0 Å². The molecule has 0 saturated heterocycles. The highest BCUT2D eigenvalue weighted by Gasteiger charge is 2.03. The molecule has 0 radical (unpaired) electrons.